The van der Waals surface area contributed by atoms with Gasteiger partial charge in [-0.05, 0) is 19.9 Å². The lowest BCUT2D eigenvalue weighted by molar-refractivity contribution is -0.147. The highest BCUT2D eigenvalue weighted by Gasteiger charge is 2.36. The van der Waals surface area contributed by atoms with Gasteiger partial charge in [-0.25, -0.2) is 9.78 Å². The van der Waals surface area contributed by atoms with Gasteiger partial charge in [-0.15, -0.1) is 11.3 Å². The van der Waals surface area contributed by atoms with Crippen LogP contribution in [0.2, 0.25) is 0 Å². The van der Waals surface area contributed by atoms with Gasteiger partial charge in [-0.3, -0.25) is 0 Å². The lowest BCUT2D eigenvalue weighted by Gasteiger charge is -2.20. The number of carbonyl (C=O) groups excluding carboxylic acids is 1. The molecule has 0 bridgehead atoms. The van der Waals surface area contributed by atoms with E-state index >= 15 is 0 Å². The Morgan fingerprint density at radius 3 is 2.78 bits per heavy atom. The van der Waals surface area contributed by atoms with Crippen LogP contribution in [0.4, 0.5) is 0 Å². The Hall–Kier alpha value is -1.24. The summed E-state index contributed by atoms with van der Waals surface area (Å²) >= 11 is 1.45. The minimum atomic E-state index is -0.709. The lowest BCUT2D eigenvalue weighted by atomic mass is 10.2. The molecule has 2 heterocycles. The first-order chi connectivity index (χ1) is 8.55. The van der Waals surface area contributed by atoms with Gasteiger partial charge in [-0.1, -0.05) is 0 Å². The molecule has 2 rings (SSSR count). The van der Waals surface area contributed by atoms with Crippen molar-refractivity contribution in [1.82, 2.24) is 4.98 Å². The van der Waals surface area contributed by atoms with Crippen LogP contribution in [0.15, 0.2) is 6.08 Å². The fraction of sp³-hybridized carbons (Fsp3) is 0.500. The number of rotatable bonds is 3. The minimum Gasteiger partial charge on any atom is -0.466 e. The fourth-order valence-corrected chi connectivity index (χ4v) is 2.79. The van der Waals surface area contributed by atoms with Crippen molar-refractivity contribution < 1.29 is 19.0 Å². The Morgan fingerprint density at radius 2 is 2.17 bits per heavy atom. The van der Waals surface area contributed by atoms with Crippen molar-refractivity contribution in [2.45, 2.75) is 19.6 Å². The SMILES string of the molecule is COC(=O)/C=C/c1nc(C)c(C2(C)OCCO2)s1. The van der Waals surface area contributed by atoms with Crippen LogP contribution in [-0.2, 0) is 24.8 Å². The highest BCUT2D eigenvalue weighted by atomic mass is 32.1. The molecule has 0 unspecified atom stereocenters. The molecule has 1 aliphatic heterocycles. The third-order valence-corrected chi connectivity index (χ3v) is 3.93. The zero-order chi connectivity index (χ0) is 13.2. The molecular formula is C12H15NO4S. The smallest absolute Gasteiger partial charge is 0.330 e. The first-order valence-corrected chi connectivity index (χ1v) is 6.38. The van der Waals surface area contributed by atoms with E-state index in [0.717, 1.165) is 15.6 Å². The first-order valence-electron chi connectivity index (χ1n) is 5.57. The molecule has 0 atom stereocenters. The largest absolute Gasteiger partial charge is 0.466 e. The van der Waals surface area contributed by atoms with E-state index in [-0.39, 0.29) is 0 Å². The van der Waals surface area contributed by atoms with Crippen LogP contribution in [0.1, 0.15) is 22.5 Å². The molecule has 1 aliphatic rings. The van der Waals surface area contributed by atoms with E-state index in [0.29, 0.717) is 13.2 Å². The van der Waals surface area contributed by atoms with Gasteiger partial charge in [0, 0.05) is 6.08 Å². The molecule has 1 aromatic heterocycles. The molecule has 6 heteroatoms. The molecule has 0 spiro atoms. The van der Waals surface area contributed by atoms with Crippen molar-refractivity contribution in [3.8, 4) is 0 Å². The Bertz CT molecular complexity index is 474. The summed E-state index contributed by atoms with van der Waals surface area (Å²) in [7, 11) is 1.34. The van der Waals surface area contributed by atoms with E-state index in [4.69, 9.17) is 9.47 Å². The zero-order valence-electron chi connectivity index (χ0n) is 10.6. The highest BCUT2D eigenvalue weighted by Crippen LogP contribution is 2.37. The van der Waals surface area contributed by atoms with Crippen molar-refractivity contribution in [3.63, 3.8) is 0 Å². The van der Waals surface area contributed by atoms with Gasteiger partial charge in [0.25, 0.3) is 0 Å². The standard InChI is InChI=1S/C12H15NO4S/c1-8-11(12(2)16-6-7-17-12)18-9(13-8)4-5-10(14)15-3/h4-5H,6-7H2,1-3H3/b5-4+. The number of thiazole rings is 1. The Labute approximate surface area is 109 Å². The maximum Gasteiger partial charge on any atom is 0.330 e. The van der Waals surface area contributed by atoms with Gasteiger partial charge >= 0.3 is 5.97 Å². The summed E-state index contributed by atoms with van der Waals surface area (Å²) in [5, 5.41) is 0.730. The van der Waals surface area contributed by atoms with Gasteiger partial charge in [0.2, 0.25) is 5.79 Å². The maximum absolute atomic E-state index is 11.0. The Morgan fingerprint density at radius 1 is 1.50 bits per heavy atom. The van der Waals surface area contributed by atoms with E-state index in [1.165, 1.54) is 24.5 Å². The van der Waals surface area contributed by atoms with E-state index in [1.807, 2.05) is 13.8 Å². The van der Waals surface area contributed by atoms with E-state index in [2.05, 4.69) is 9.72 Å². The summed E-state index contributed by atoms with van der Waals surface area (Å²) in [5.74, 6) is -1.11. The summed E-state index contributed by atoms with van der Waals surface area (Å²) in [4.78, 5) is 16.3. The zero-order valence-corrected chi connectivity index (χ0v) is 11.4. The number of nitrogens with zero attached hydrogens (tertiary/aromatic N) is 1. The third kappa shape index (κ3) is 2.60. The molecule has 0 saturated carbocycles. The second-order valence-corrected chi connectivity index (χ2v) is 5.00. The number of aryl methyl sites for hydroxylation is 1. The van der Waals surface area contributed by atoms with Crippen LogP contribution in [0.5, 0.6) is 0 Å². The van der Waals surface area contributed by atoms with Gasteiger partial charge in [0.05, 0.1) is 30.9 Å². The van der Waals surface area contributed by atoms with Gasteiger partial charge < -0.3 is 14.2 Å². The number of carbonyl (C=O) groups is 1. The highest BCUT2D eigenvalue weighted by molar-refractivity contribution is 7.12. The molecular weight excluding hydrogens is 254 g/mol. The summed E-state index contributed by atoms with van der Waals surface area (Å²) in [6, 6.07) is 0. The summed E-state index contributed by atoms with van der Waals surface area (Å²) in [6.07, 6.45) is 2.98. The molecule has 0 radical (unpaired) electrons. The number of esters is 1. The molecule has 98 valence electrons. The van der Waals surface area contributed by atoms with Crippen molar-refractivity contribution in [3.05, 3.63) is 21.7 Å². The predicted octanol–water partition coefficient (Wildman–Crippen LogP) is 1.86. The number of ether oxygens (including phenoxy) is 3. The minimum absolute atomic E-state index is 0.399. The second kappa shape index (κ2) is 5.17. The molecule has 5 nitrogen and oxygen atoms in total. The normalized spacial score (nSPS) is 18.4. The fourth-order valence-electron chi connectivity index (χ4n) is 1.76. The van der Waals surface area contributed by atoms with Crippen LogP contribution < -0.4 is 0 Å². The summed E-state index contributed by atoms with van der Waals surface area (Å²) in [5.41, 5.74) is 0.855. The monoisotopic (exact) mass is 269 g/mol. The van der Waals surface area contributed by atoms with E-state index in [1.54, 1.807) is 6.08 Å². The molecule has 0 aliphatic carbocycles. The van der Waals surface area contributed by atoms with Crippen molar-refractivity contribution in [2.75, 3.05) is 20.3 Å². The predicted molar refractivity (Wildman–Crippen MR) is 67.2 cm³/mol. The van der Waals surface area contributed by atoms with Crippen LogP contribution in [0.25, 0.3) is 6.08 Å². The molecule has 0 aromatic carbocycles. The van der Waals surface area contributed by atoms with Crippen LogP contribution in [-0.4, -0.2) is 31.3 Å². The van der Waals surface area contributed by atoms with Crippen LogP contribution in [0.3, 0.4) is 0 Å². The van der Waals surface area contributed by atoms with Crippen molar-refractivity contribution >= 4 is 23.4 Å². The second-order valence-electron chi connectivity index (χ2n) is 3.97. The Balaban J connectivity index is 2.22. The van der Waals surface area contributed by atoms with Crippen molar-refractivity contribution in [1.29, 1.82) is 0 Å². The molecule has 0 amide bonds. The van der Waals surface area contributed by atoms with Gasteiger partial charge in [-0.2, -0.15) is 0 Å². The summed E-state index contributed by atoms with van der Waals surface area (Å²) in [6.45, 7) is 4.95. The maximum atomic E-state index is 11.0. The lowest BCUT2D eigenvalue weighted by Crippen LogP contribution is -2.21. The molecule has 1 fully saturated rings. The average molecular weight is 269 g/mol. The summed E-state index contributed by atoms with van der Waals surface area (Å²) < 4.78 is 15.7. The third-order valence-electron chi connectivity index (χ3n) is 2.63. The van der Waals surface area contributed by atoms with Crippen LogP contribution >= 0.6 is 11.3 Å². The van der Waals surface area contributed by atoms with Crippen LogP contribution in [0, 0.1) is 6.92 Å². The first kappa shape index (κ1) is 13.2. The molecule has 18 heavy (non-hydrogen) atoms. The van der Waals surface area contributed by atoms with Crippen molar-refractivity contribution in [2.24, 2.45) is 0 Å². The Kier molecular flexibility index (Phi) is 3.79. The molecule has 1 saturated heterocycles. The quantitative estimate of drug-likeness (QED) is 0.619. The van der Waals surface area contributed by atoms with E-state index < -0.39 is 11.8 Å². The topological polar surface area (TPSA) is 57.7 Å². The average Bonchev–Trinajstić information content (AvgIpc) is 2.93. The molecule has 1 aromatic rings. The number of aromatic nitrogens is 1. The number of hydrogen-bond acceptors (Lipinski definition) is 6. The van der Waals surface area contributed by atoms with E-state index in [9.17, 15) is 4.79 Å². The molecule has 0 N–H and O–H groups in total. The number of methoxy groups -OCH3 is 1. The number of hydrogen-bond donors (Lipinski definition) is 0. The van der Waals surface area contributed by atoms with Gasteiger partial charge in [0.15, 0.2) is 0 Å². The van der Waals surface area contributed by atoms with Gasteiger partial charge in [0.1, 0.15) is 5.01 Å².